The van der Waals surface area contributed by atoms with Crippen molar-refractivity contribution in [2.75, 3.05) is 18.9 Å². The van der Waals surface area contributed by atoms with Crippen LogP contribution in [0.2, 0.25) is 0 Å². The molecule has 0 bridgehead atoms. The van der Waals surface area contributed by atoms with Gasteiger partial charge in [-0.2, -0.15) is 0 Å². The first-order chi connectivity index (χ1) is 7.29. The highest BCUT2D eigenvalue weighted by Gasteiger charge is 2.38. The normalized spacial score (nSPS) is 21.8. The van der Waals surface area contributed by atoms with Crippen LogP contribution in [0, 0.1) is 0 Å². The van der Waals surface area contributed by atoms with E-state index in [1.54, 1.807) is 0 Å². The zero-order valence-corrected chi connectivity index (χ0v) is 11.2. The fourth-order valence-electron chi connectivity index (χ4n) is 2.38. The monoisotopic (exact) mass is 231 g/mol. The minimum atomic E-state index is 0.0441. The van der Waals surface area contributed by atoms with E-state index in [9.17, 15) is 0 Å². The predicted octanol–water partition coefficient (Wildman–Crippen LogP) is 3.67. The Kier molecular flexibility index (Phi) is 6.02. The Labute approximate surface area is 98.9 Å². The van der Waals surface area contributed by atoms with Crippen molar-refractivity contribution in [3.63, 3.8) is 0 Å². The Balaban J connectivity index is 2.68. The average molecular weight is 231 g/mol. The minimum absolute atomic E-state index is 0.0441. The molecular formula is C12H25NOS. The molecule has 90 valence electrons. The summed E-state index contributed by atoms with van der Waals surface area (Å²) in [6.45, 7) is 8.87. The third-order valence-electron chi connectivity index (χ3n) is 2.90. The van der Waals surface area contributed by atoms with Crippen molar-refractivity contribution >= 4 is 11.9 Å². The summed E-state index contributed by atoms with van der Waals surface area (Å²) in [5, 5.41) is 0. The number of hydrogen-bond acceptors (Lipinski definition) is 3. The van der Waals surface area contributed by atoms with Crippen molar-refractivity contribution in [1.29, 1.82) is 0 Å². The quantitative estimate of drug-likeness (QED) is 0.647. The molecule has 1 fully saturated rings. The molecule has 1 heterocycles. The molecule has 0 spiro atoms. The van der Waals surface area contributed by atoms with Crippen LogP contribution in [0.5, 0.6) is 0 Å². The van der Waals surface area contributed by atoms with E-state index in [1.807, 2.05) is 11.9 Å². The summed E-state index contributed by atoms with van der Waals surface area (Å²) >= 11 is 1.95. The molecule has 0 amide bonds. The molecule has 0 aromatic carbocycles. The second kappa shape index (κ2) is 6.77. The fourth-order valence-corrected chi connectivity index (χ4v) is 3.42. The molecule has 1 saturated heterocycles. The van der Waals surface area contributed by atoms with Crippen LogP contribution >= 0.6 is 11.9 Å². The van der Waals surface area contributed by atoms with Gasteiger partial charge in [-0.3, -0.25) is 0 Å². The Morgan fingerprint density at radius 3 is 2.40 bits per heavy atom. The number of ether oxygens (including phenoxy) is 1. The summed E-state index contributed by atoms with van der Waals surface area (Å²) in [4.78, 5) is 0. The fraction of sp³-hybridized carbons (Fsp3) is 1.00. The van der Waals surface area contributed by atoms with Gasteiger partial charge >= 0.3 is 0 Å². The van der Waals surface area contributed by atoms with Crippen LogP contribution in [0.25, 0.3) is 0 Å². The molecule has 1 aliphatic heterocycles. The highest BCUT2D eigenvalue weighted by molar-refractivity contribution is 7.97. The van der Waals surface area contributed by atoms with Gasteiger partial charge in [0.2, 0.25) is 0 Å². The van der Waals surface area contributed by atoms with Gasteiger partial charge in [-0.15, -0.1) is 0 Å². The van der Waals surface area contributed by atoms with Crippen molar-refractivity contribution in [3.8, 4) is 0 Å². The molecule has 2 nitrogen and oxygen atoms in total. The Hall–Kier alpha value is 0.270. The lowest BCUT2D eigenvalue weighted by Gasteiger charge is -2.46. The summed E-state index contributed by atoms with van der Waals surface area (Å²) in [7, 11) is 0. The SMILES string of the molecule is CCCC1(CCC)OCCCN1SCC. The van der Waals surface area contributed by atoms with E-state index < -0.39 is 0 Å². The molecule has 0 aromatic rings. The van der Waals surface area contributed by atoms with Gasteiger partial charge in [-0.1, -0.05) is 45.6 Å². The van der Waals surface area contributed by atoms with Gasteiger partial charge in [-0.25, -0.2) is 4.31 Å². The average Bonchev–Trinajstić information content (AvgIpc) is 2.23. The van der Waals surface area contributed by atoms with Crippen LogP contribution in [-0.4, -0.2) is 28.9 Å². The molecular weight excluding hydrogens is 206 g/mol. The van der Waals surface area contributed by atoms with Crippen molar-refractivity contribution in [1.82, 2.24) is 4.31 Å². The van der Waals surface area contributed by atoms with Crippen molar-refractivity contribution < 1.29 is 4.74 Å². The summed E-state index contributed by atoms with van der Waals surface area (Å²) in [6.07, 6.45) is 5.95. The van der Waals surface area contributed by atoms with E-state index in [0.717, 1.165) is 12.4 Å². The second-order valence-electron chi connectivity index (χ2n) is 4.17. The standard InChI is InChI=1S/C12H25NOS/c1-4-8-12(9-5-2)13(15-6-3)10-7-11-14-12/h4-11H2,1-3H3. The van der Waals surface area contributed by atoms with Gasteiger partial charge in [0.25, 0.3) is 0 Å². The Morgan fingerprint density at radius 1 is 1.20 bits per heavy atom. The number of hydrogen-bond donors (Lipinski definition) is 0. The van der Waals surface area contributed by atoms with Crippen molar-refractivity contribution in [3.05, 3.63) is 0 Å². The lowest BCUT2D eigenvalue weighted by atomic mass is 10.0. The topological polar surface area (TPSA) is 12.5 Å². The molecule has 0 N–H and O–H groups in total. The van der Waals surface area contributed by atoms with Gasteiger partial charge < -0.3 is 4.74 Å². The number of rotatable bonds is 6. The van der Waals surface area contributed by atoms with E-state index in [-0.39, 0.29) is 5.72 Å². The first-order valence-corrected chi connectivity index (χ1v) is 7.27. The van der Waals surface area contributed by atoms with Crippen LogP contribution in [0.3, 0.4) is 0 Å². The van der Waals surface area contributed by atoms with Gasteiger partial charge in [0.05, 0.1) is 6.61 Å². The summed E-state index contributed by atoms with van der Waals surface area (Å²) in [5.41, 5.74) is 0.0441. The molecule has 0 saturated carbocycles. The van der Waals surface area contributed by atoms with Crippen LogP contribution in [-0.2, 0) is 4.74 Å². The summed E-state index contributed by atoms with van der Waals surface area (Å²) < 4.78 is 8.62. The van der Waals surface area contributed by atoms with Crippen LogP contribution in [0.1, 0.15) is 52.9 Å². The first-order valence-electron chi connectivity index (χ1n) is 6.33. The predicted molar refractivity (Wildman–Crippen MR) is 68.0 cm³/mol. The lowest BCUT2D eigenvalue weighted by Crippen LogP contribution is -2.51. The van der Waals surface area contributed by atoms with Gasteiger partial charge in [0, 0.05) is 12.3 Å². The third kappa shape index (κ3) is 3.36. The molecule has 0 unspecified atom stereocenters. The molecule has 0 radical (unpaired) electrons. The summed E-state index contributed by atoms with van der Waals surface area (Å²) in [6, 6.07) is 0. The van der Waals surface area contributed by atoms with E-state index in [0.29, 0.717) is 0 Å². The Morgan fingerprint density at radius 2 is 1.87 bits per heavy atom. The molecule has 0 atom stereocenters. The van der Waals surface area contributed by atoms with Crippen LogP contribution in [0.4, 0.5) is 0 Å². The van der Waals surface area contributed by atoms with Crippen LogP contribution < -0.4 is 0 Å². The molecule has 3 heteroatoms. The maximum Gasteiger partial charge on any atom is 0.130 e. The lowest BCUT2D eigenvalue weighted by molar-refractivity contribution is -0.154. The third-order valence-corrected chi connectivity index (χ3v) is 3.98. The van der Waals surface area contributed by atoms with E-state index >= 15 is 0 Å². The second-order valence-corrected chi connectivity index (χ2v) is 5.44. The van der Waals surface area contributed by atoms with Crippen molar-refractivity contribution in [2.24, 2.45) is 0 Å². The van der Waals surface area contributed by atoms with E-state index in [4.69, 9.17) is 4.74 Å². The highest BCUT2D eigenvalue weighted by Crippen LogP contribution is 2.36. The van der Waals surface area contributed by atoms with E-state index in [1.165, 1.54) is 38.6 Å². The van der Waals surface area contributed by atoms with Gasteiger partial charge in [0.1, 0.15) is 5.72 Å². The minimum Gasteiger partial charge on any atom is -0.360 e. The smallest absolute Gasteiger partial charge is 0.130 e. The maximum absolute atomic E-state index is 6.12. The number of nitrogens with zero attached hydrogens (tertiary/aromatic N) is 1. The highest BCUT2D eigenvalue weighted by atomic mass is 32.2. The van der Waals surface area contributed by atoms with Gasteiger partial charge in [0.15, 0.2) is 0 Å². The zero-order valence-electron chi connectivity index (χ0n) is 10.4. The van der Waals surface area contributed by atoms with E-state index in [2.05, 4.69) is 25.1 Å². The molecule has 15 heavy (non-hydrogen) atoms. The maximum atomic E-state index is 6.12. The molecule has 0 aliphatic carbocycles. The largest absolute Gasteiger partial charge is 0.360 e. The van der Waals surface area contributed by atoms with Gasteiger partial charge in [-0.05, 0) is 19.3 Å². The zero-order chi connectivity index (χ0) is 11.1. The van der Waals surface area contributed by atoms with Crippen molar-refractivity contribution in [2.45, 2.75) is 58.6 Å². The molecule has 0 aromatic heterocycles. The Bertz CT molecular complexity index is 161. The first kappa shape index (κ1) is 13.3. The van der Waals surface area contributed by atoms with Crippen LogP contribution in [0.15, 0.2) is 0 Å². The molecule has 1 aliphatic rings. The summed E-state index contributed by atoms with van der Waals surface area (Å²) in [5.74, 6) is 1.15. The molecule has 1 rings (SSSR count).